The Morgan fingerprint density at radius 2 is 1.65 bits per heavy atom. The van der Waals surface area contributed by atoms with Crippen molar-refractivity contribution in [2.24, 2.45) is 0 Å². The number of thioether (sulfide) groups is 1. The molecule has 0 unspecified atom stereocenters. The lowest BCUT2D eigenvalue weighted by Crippen LogP contribution is -2.15. The Bertz CT molecular complexity index is 959. The predicted molar refractivity (Wildman–Crippen MR) is 94.9 cm³/mol. The van der Waals surface area contributed by atoms with Crippen LogP contribution in [0, 0.1) is 0 Å². The maximum Gasteiger partial charge on any atom is 0.231 e. The van der Waals surface area contributed by atoms with Gasteiger partial charge in [-0.2, -0.15) is 0 Å². The lowest BCUT2D eigenvalue weighted by molar-refractivity contribution is 0.171. The third kappa shape index (κ3) is 2.92. The molecule has 0 spiro atoms. The first-order valence-corrected chi connectivity index (χ1v) is 9.17. The van der Waals surface area contributed by atoms with Crippen molar-refractivity contribution in [3.8, 4) is 34.4 Å². The molecule has 0 aliphatic carbocycles. The van der Waals surface area contributed by atoms with E-state index in [1.807, 2.05) is 36.4 Å². The molecule has 26 heavy (non-hydrogen) atoms. The average Bonchev–Trinajstić information content (AvgIpc) is 3.35. The number of aromatic amines is 1. The minimum Gasteiger partial charge on any atom is -0.486 e. The second-order valence-electron chi connectivity index (χ2n) is 5.80. The maximum atomic E-state index is 5.62. The van der Waals surface area contributed by atoms with Gasteiger partial charge in [-0.05, 0) is 35.9 Å². The van der Waals surface area contributed by atoms with E-state index in [4.69, 9.17) is 18.9 Å². The summed E-state index contributed by atoms with van der Waals surface area (Å²) in [6, 6.07) is 11.7. The molecule has 0 amide bonds. The highest BCUT2D eigenvalue weighted by Gasteiger charge is 2.16. The summed E-state index contributed by atoms with van der Waals surface area (Å²) in [6.45, 7) is 1.42. The van der Waals surface area contributed by atoms with Gasteiger partial charge in [0.1, 0.15) is 13.2 Å². The number of fused-ring (bicyclic) bond motifs is 2. The number of rotatable bonds is 4. The second-order valence-corrected chi connectivity index (χ2v) is 6.74. The molecule has 1 N–H and O–H groups in total. The van der Waals surface area contributed by atoms with Crippen LogP contribution in [0.3, 0.4) is 0 Å². The molecule has 7 nitrogen and oxygen atoms in total. The number of nitrogens with one attached hydrogen (secondary N) is 1. The minimum atomic E-state index is 0.283. The van der Waals surface area contributed by atoms with E-state index in [1.54, 1.807) is 11.8 Å². The van der Waals surface area contributed by atoms with Gasteiger partial charge in [-0.15, -0.1) is 5.10 Å². The van der Waals surface area contributed by atoms with Gasteiger partial charge in [0.05, 0.1) is 0 Å². The molecule has 0 saturated carbocycles. The summed E-state index contributed by atoms with van der Waals surface area (Å²) in [7, 11) is 0. The molecule has 2 aliphatic rings. The molecule has 5 rings (SSSR count). The maximum absolute atomic E-state index is 5.62. The lowest BCUT2D eigenvalue weighted by atomic mass is 10.2. The van der Waals surface area contributed by atoms with Gasteiger partial charge in [-0.3, -0.25) is 5.10 Å². The Labute approximate surface area is 153 Å². The fourth-order valence-electron chi connectivity index (χ4n) is 2.81. The first kappa shape index (κ1) is 15.4. The number of hydrogen-bond donors (Lipinski definition) is 1. The second kappa shape index (κ2) is 6.45. The molecule has 132 valence electrons. The van der Waals surface area contributed by atoms with E-state index in [-0.39, 0.29) is 6.79 Å². The first-order valence-electron chi connectivity index (χ1n) is 8.19. The average molecular weight is 369 g/mol. The summed E-state index contributed by atoms with van der Waals surface area (Å²) in [4.78, 5) is 4.56. The van der Waals surface area contributed by atoms with E-state index in [1.165, 1.54) is 0 Å². The number of hydrogen-bond acceptors (Lipinski definition) is 7. The molecular weight excluding hydrogens is 354 g/mol. The first-order chi connectivity index (χ1) is 12.8. The van der Waals surface area contributed by atoms with Gasteiger partial charge in [0.15, 0.2) is 28.8 Å². The van der Waals surface area contributed by atoms with Gasteiger partial charge in [0, 0.05) is 11.3 Å². The minimum absolute atomic E-state index is 0.283. The Morgan fingerprint density at radius 1 is 0.885 bits per heavy atom. The summed E-state index contributed by atoms with van der Waals surface area (Å²) in [5.74, 6) is 4.52. The molecule has 0 bridgehead atoms. The summed E-state index contributed by atoms with van der Waals surface area (Å²) in [5, 5.41) is 7.96. The number of benzene rings is 2. The van der Waals surface area contributed by atoms with Crippen molar-refractivity contribution >= 4 is 11.8 Å². The highest BCUT2D eigenvalue weighted by molar-refractivity contribution is 7.98. The van der Waals surface area contributed by atoms with Crippen molar-refractivity contribution < 1.29 is 18.9 Å². The molecule has 3 heterocycles. The van der Waals surface area contributed by atoms with E-state index in [2.05, 4.69) is 15.2 Å². The van der Waals surface area contributed by atoms with E-state index < -0.39 is 0 Å². The summed E-state index contributed by atoms with van der Waals surface area (Å²) in [6.07, 6.45) is 0. The van der Waals surface area contributed by atoms with E-state index in [9.17, 15) is 0 Å². The summed E-state index contributed by atoms with van der Waals surface area (Å²) < 4.78 is 21.9. The topological polar surface area (TPSA) is 78.5 Å². The fourth-order valence-corrected chi connectivity index (χ4v) is 3.55. The van der Waals surface area contributed by atoms with Crippen LogP contribution in [0.25, 0.3) is 11.4 Å². The van der Waals surface area contributed by atoms with E-state index in [0.29, 0.717) is 24.2 Å². The molecule has 0 atom stereocenters. The molecule has 0 radical (unpaired) electrons. The highest BCUT2D eigenvalue weighted by atomic mass is 32.2. The van der Waals surface area contributed by atoms with Crippen molar-refractivity contribution in [3.63, 3.8) is 0 Å². The van der Waals surface area contributed by atoms with Crippen LogP contribution in [0.5, 0.6) is 23.0 Å². The summed E-state index contributed by atoms with van der Waals surface area (Å²) >= 11 is 1.56. The van der Waals surface area contributed by atoms with Crippen molar-refractivity contribution in [1.29, 1.82) is 0 Å². The van der Waals surface area contributed by atoms with Crippen molar-refractivity contribution in [2.75, 3.05) is 20.0 Å². The Kier molecular flexibility index (Phi) is 3.82. The van der Waals surface area contributed by atoms with Crippen LogP contribution in [-0.2, 0) is 5.75 Å². The standard InChI is InChI=1S/C18H15N3O4S/c1-3-14-15(25-10-24-14)7-11(1)9-26-18-19-17(20-21-18)12-2-4-13-16(8-12)23-6-5-22-13/h1-4,7-8H,5-6,9-10H2,(H,19,20,21). The third-order valence-corrected chi connectivity index (χ3v) is 5.00. The van der Waals surface area contributed by atoms with Crippen LogP contribution < -0.4 is 18.9 Å². The van der Waals surface area contributed by atoms with Crippen molar-refractivity contribution in [1.82, 2.24) is 15.2 Å². The van der Waals surface area contributed by atoms with Gasteiger partial charge in [0.2, 0.25) is 11.9 Å². The monoisotopic (exact) mass is 369 g/mol. The van der Waals surface area contributed by atoms with Crippen LogP contribution >= 0.6 is 11.8 Å². The zero-order valence-corrected chi connectivity index (χ0v) is 14.5. The fraction of sp³-hybridized carbons (Fsp3) is 0.222. The van der Waals surface area contributed by atoms with Gasteiger partial charge in [-0.25, -0.2) is 4.98 Å². The van der Waals surface area contributed by atoms with Crippen LogP contribution in [-0.4, -0.2) is 35.2 Å². The van der Waals surface area contributed by atoms with Gasteiger partial charge in [-0.1, -0.05) is 17.8 Å². The number of aromatic nitrogens is 3. The van der Waals surface area contributed by atoms with Crippen LogP contribution in [0.1, 0.15) is 5.56 Å². The predicted octanol–water partition coefficient (Wildman–Crippen LogP) is 3.26. The molecule has 0 saturated heterocycles. The Hall–Kier alpha value is -2.87. The molecule has 3 aromatic rings. The number of H-pyrrole nitrogens is 1. The Balaban J connectivity index is 1.29. The quantitative estimate of drug-likeness (QED) is 0.707. The van der Waals surface area contributed by atoms with Gasteiger partial charge in [0.25, 0.3) is 0 Å². The summed E-state index contributed by atoms with van der Waals surface area (Å²) in [5.41, 5.74) is 2.04. The zero-order chi connectivity index (χ0) is 17.3. The normalized spacial score (nSPS) is 14.5. The largest absolute Gasteiger partial charge is 0.486 e. The van der Waals surface area contributed by atoms with Crippen molar-refractivity contribution in [3.05, 3.63) is 42.0 Å². The molecule has 2 aromatic carbocycles. The number of nitrogens with zero attached hydrogens (tertiary/aromatic N) is 2. The smallest absolute Gasteiger partial charge is 0.231 e. The molecule has 1 aromatic heterocycles. The van der Waals surface area contributed by atoms with Crippen LogP contribution in [0.4, 0.5) is 0 Å². The van der Waals surface area contributed by atoms with Crippen LogP contribution in [0.2, 0.25) is 0 Å². The third-order valence-electron chi connectivity index (χ3n) is 4.09. The molecule has 8 heteroatoms. The molecule has 0 fully saturated rings. The molecule has 2 aliphatic heterocycles. The lowest BCUT2D eigenvalue weighted by Gasteiger charge is -2.18. The van der Waals surface area contributed by atoms with Crippen LogP contribution in [0.15, 0.2) is 41.6 Å². The van der Waals surface area contributed by atoms with Crippen molar-refractivity contribution in [2.45, 2.75) is 10.9 Å². The number of ether oxygens (including phenoxy) is 4. The van der Waals surface area contributed by atoms with Gasteiger partial charge < -0.3 is 18.9 Å². The van der Waals surface area contributed by atoms with E-state index >= 15 is 0 Å². The highest BCUT2D eigenvalue weighted by Crippen LogP contribution is 2.35. The Morgan fingerprint density at radius 3 is 2.62 bits per heavy atom. The zero-order valence-electron chi connectivity index (χ0n) is 13.7. The van der Waals surface area contributed by atoms with E-state index in [0.717, 1.165) is 39.9 Å². The van der Waals surface area contributed by atoms with Gasteiger partial charge >= 0.3 is 0 Å². The SMILES string of the molecule is c1cc2c(cc1CSc1n[nH]c(-c3ccc4c(c3)OCCO4)n1)OCO2. The molecular formula is C18H15N3O4S.